The maximum atomic E-state index is 12.3. The fourth-order valence-corrected chi connectivity index (χ4v) is 2.62. The standard InChI is InChI=1S/C14H19BrN2O3/c1-3-8(2)12(14(19)20)16-13(18)11-6-9(15)7-17(11)10-4-5-10/h6-8,10,12H,3-5H2,1-2H3,(H,16,18)(H,19,20)/t8?,12-/m0/s1. The number of hydrogen-bond donors (Lipinski definition) is 2. The van der Waals surface area contributed by atoms with Gasteiger partial charge in [-0.2, -0.15) is 0 Å². The van der Waals surface area contributed by atoms with Crippen LogP contribution < -0.4 is 5.32 Å². The highest BCUT2D eigenvalue weighted by atomic mass is 79.9. The minimum atomic E-state index is -0.990. The largest absolute Gasteiger partial charge is 0.480 e. The van der Waals surface area contributed by atoms with Crippen molar-refractivity contribution in [3.05, 3.63) is 22.4 Å². The zero-order chi connectivity index (χ0) is 14.9. The van der Waals surface area contributed by atoms with Crippen molar-refractivity contribution in [3.63, 3.8) is 0 Å². The number of hydrogen-bond acceptors (Lipinski definition) is 2. The molecule has 0 aliphatic heterocycles. The fourth-order valence-electron chi connectivity index (χ4n) is 2.18. The molecule has 1 aliphatic rings. The summed E-state index contributed by atoms with van der Waals surface area (Å²) >= 11 is 3.37. The summed E-state index contributed by atoms with van der Waals surface area (Å²) in [5, 5.41) is 11.9. The van der Waals surface area contributed by atoms with Gasteiger partial charge in [0.15, 0.2) is 0 Å². The van der Waals surface area contributed by atoms with Crippen molar-refractivity contribution >= 4 is 27.8 Å². The highest BCUT2D eigenvalue weighted by Crippen LogP contribution is 2.37. The monoisotopic (exact) mass is 342 g/mol. The van der Waals surface area contributed by atoms with Gasteiger partial charge in [0.1, 0.15) is 11.7 Å². The van der Waals surface area contributed by atoms with Gasteiger partial charge in [-0.3, -0.25) is 4.79 Å². The average Bonchev–Trinajstić information content (AvgIpc) is 3.17. The molecule has 2 N–H and O–H groups in total. The van der Waals surface area contributed by atoms with Crippen molar-refractivity contribution in [1.82, 2.24) is 9.88 Å². The molecule has 1 heterocycles. The molecule has 1 unspecified atom stereocenters. The van der Waals surface area contributed by atoms with Crippen LogP contribution >= 0.6 is 15.9 Å². The lowest BCUT2D eigenvalue weighted by molar-refractivity contribution is -0.140. The van der Waals surface area contributed by atoms with Crippen LogP contribution in [0.5, 0.6) is 0 Å². The molecule has 2 rings (SSSR count). The third kappa shape index (κ3) is 3.23. The van der Waals surface area contributed by atoms with Crippen LogP contribution in [-0.2, 0) is 4.79 Å². The summed E-state index contributed by atoms with van der Waals surface area (Å²) in [5.74, 6) is -1.42. The molecule has 1 aromatic rings. The van der Waals surface area contributed by atoms with Gasteiger partial charge in [0.2, 0.25) is 0 Å². The Kier molecular flexibility index (Phi) is 4.52. The minimum absolute atomic E-state index is 0.107. The summed E-state index contributed by atoms with van der Waals surface area (Å²) in [5.41, 5.74) is 0.522. The van der Waals surface area contributed by atoms with Gasteiger partial charge in [-0.05, 0) is 40.8 Å². The van der Waals surface area contributed by atoms with E-state index < -0.39 is 12.0 Å². The number of aromatic nitrogens is 1. The Morgan fingerprint density at radius 3 is 2.70 bits per heavy atom. The van der Waals surface area contributed by atoms with E-state index in [0.717, 1.165) is 17.3 Å². The van der Waals surface area contributed by atoms with Crippen molar-refractivity contribution in [1.29, 1.82) is 0 Å². The molecule has 0 radical (unpaired) electrons. The number of carboxylic acids is 1. The van der Waals surface area contributed by atoms with E-state index in [4.69, 9.17) is 0 Å². The van der Waals surface area contributed by atoms with Gasteiger partial charge in [0.25, 0.3) is 5.91 Å². The molecular formula is C14H19BrN2O3. The van der Waals surface area contributed by atoms with Gasteiger partial charge >= 0.3 is 5.97 Å². The summed E-state index contributed by atoms with van der Waals surface area (Å²) < 4.78 is 2.76. The van der Waals surface area contributed by atoms with Gasteiger partial charge in [-0.1, -0.05) is 20.3 Å². The molecule has 20 heavy (non-hydrogen) atoms. The number of carboxylic acid groups (broad SMARTS) is 1. The van der Waals surface area contributed by atoms with Crippen LogP contribution in [0.4, 0.5) is 0 Å². The molecule has 110 valence electrons. The van der Waals surface area contributed by atoms with E-state index in [9.17, 15) is 14.7 Å². The maximum absolute atomic E-state index is 12.3. The summed E-state index contributed by atoms with van der Waals surface area (Å²) in [6.45, 7) is 3.74. The molecule has 0 aromatic carbocycles. The number of carbonyl (C=O) groups is 2. The van der Waals surface area contributed by atoms with Crippen LogP contribution in [0.15, 0.2) is 16.7 Å². The van der Waals surface area contributed by atoms with E-state index in [1.54, 1.807) is 6.07 Å². The Hall–Kier alpha value is -1.30. The van der Waals surface area contributed by atoms with E-state index in [1.807, 2.05) is 24.6 Å². The molecule has 6 heteroatoms. The van der Waals surface area contributed by atoms with Crippen molar-refractivity contribution in [3.8, 4) is 0 Å². The number of amides is 1. The Balaban J connectivity index is 2.16. The summed E-state index contributed by atoms with van der Waals surface area (Å²) in [7, 11) is 0. The highest BCUT2D eigenvalue weighted by Gasteiger charge is 2.30. The van der Waals surface area contributed by atoms with Gasteiger partial charge in [-0.15, -0.1) is 0 Å². The van der Waals surface area contributed by atoms with Crippen molar-refractivity contribution in [2.75, 3.05) is 0 Å². The quantitative estimate of drug-likeness (QED) is 0.834. The molecule has 0 bridgehead atoms. The smallest absolute Gasteiger partial charge is 0.326 e. The van der Waals surface area contributed by atoms with Crippen LogP contribution in [0, 0.1) is 5.92 Å². The minimum Gasteiger partial charge on any atom is -0.480 e. The van der Waals surface area contributed by atoms with Crippen LogP contribution in [-0.4, -0.2) is 27.6 Å². The van der Waals surface area contributed by atoms with Crippen molar-refractivity contribution in [2.24, 2.45) is 5.92 Å². The summed E-state index contributed by atoms with van der Waals surface area (Å²) in [6, 6.07) is 1.26. The second-order valence-corrected chi connectivity index (χ2v) is 6.27. The number of nitrogens with zero attached hydrogens (tertiary/aromatic N) is 1. The van der Waals surface area contributed by atoms with Gasteiger partial charge in [0, 0.05) is 16.7 Å². The molecule has 2 atom stereocenters. The first-order chi connectivity index (χ1) is 9.43. The second-order valence-electron chi connectivity index (χ2n) is 5.36. The summed E-state index contributed by atoms with van der Waals surface area (Å²) in [4.78, 5) is 23.6. The second kappa shape index (κ2) is 5.99. The Bertz CT molecular complexity index is 522. The Morgan fingerprint density at radius 2 is 2.20 bits per heavy atom. The first-order valence-corrected chi connectivity index (χ1v) is 7.64. The molecule has 1 amide bonds. The number of halogens is 1. The molecule has 1 saturated carbocycles. The molecule has 0 saturated heterocycles. The lowest BCUT2D eigenvalue weighted by atomic mass is 9.99. The topological polar surface area (TPSA) is 71.3 Å². The van der Waals surface area contributed by atoms with E-state index in [-0.39, 0.29) is 11.8 Å². The number of carbonyl (C=O) groups excluding carboxylic acids is 1. The Labute approximate surface area is 126 Å². The third-order valence-corrected chi connectivity index (χ3v) is 4.19. The normalized spacial score (nSPS) is 17.6. The van der Waals surface area contributed by atoms with Crippen LogP contribution in [0.3, 0.4) is 0 Å². The van der Waals surface area contributed by atoms with Gasteiger partial charge < -0.3 is 15.0 Å². The predicted octanol–water partition coefficient (Wildman–Crippen LogP) is 2.81. The zero-order valence-electron chi connectivity index (χ0n) is 11.6. The fraction of sp³-hybridized carbons (Fsp3) is 0.571. The molecule has 1 aromatic heterocycles. The first kappa shape index (κ1) is 15.1. The highest BCUT2D eigenvalue weighted by molar-refractivity contribution is 9.10. The molecule has 5 nitrogen and oxygen atoms in total. The lowest BCUT2D eigenvalue weighted by Crippen LogP contribution is -2.45. The molecule has 0 spiro atoms. The van der Waals surface area contributed by atoms with Crippen molar-refractivity contribution in [2.45, 2.75) is 45.2 Å². The van der Waals surface area contributed by atoms with Crippen LogP contribution in [0.25, 0.3) is 0 Å². The molecule has 1 fully saturated rings. The van der Waals surface area contributed by atoms with Crippen LogP contribution in [0.2, 0.25) is 0 Å². The van der Waals surface area contributed by atoms with Crippen molar-refractivity contribution < 1.29 is 14.7 Å². The first-order valence-electron chi connectivity index (χ1n) is 6.85. The lowest BCUT2D eigenvalue weighted by Gasteiger charge is -2.20. The SMILES string of the molecule is CCC(C)[C@H](NC(=O)c1cc(Br)cn1C1CC1)C(=O)O. The van der Waals surface area contributed by atoms with E-state index in [2.05, 4.69) is 21.2 Å². The van der Waals surface area contributed by atoms with Gasteiger partial charge in [-0.25, -0.2) is 4.79 Å². The van der Waals surface area contributed by atoms with E-state index in [1.165, 1.54) is 0 Å². The van der Waals surface area contributed by atoms with Crippen LogP contribution in [0.1, 0.15) is 49.6 Å². The zero-order valence-corrected chi connectivity index (χ0v) is 13.2. The average molecular weight is 343 g/mol. The number of aliphatic carboxylic acids is 1. The predicted molar refractivity (Wildman–Crippen MR) is 78.7 cm³/mol. The Morgan fingerprint density at radius 1 is 1.55 bits per heavy atom. The third-order valence-electron chi connectivity index (χ3n) is 3.75. The van der Waals surface area contributed by atoms with Gasteiger partial charge in [0.05, 0.1) is 0 Å². The molecular weight excluding hydrogens is 324 g/mol. The maximum Gasteiger partial charge on any atom is 0.326 e. The molecule has 1 aliphatic carbocycles. The van der Waals surface area contributed by atoms with E-state index >= 15 is 0 Å². The number of rotatable bonds is 6. The number of nitrogens with one attached hydrogen (secondary N) is 1. The van der Waals surface area contributed by atoms with E-state index in [0.29, 0.717) is 18.2 Å². The summed E-state index contributed by atoms with van der Waals surface area (Å²) in [6.07, 6.45) is 4.71.